The van der Waals surface area contributed by atoms with Crippen molar-refractivity contribution in [2.75, 3.05) is 13.1 Å². The Kier molecular flexibility index (Phi) is 5.58. The van der Waals surface area contributed by atoms with Crippen molar-refractivity contribution in [2.24, 2.45) is 0 Å². The molecule has 0 unspecified atom stereocenters. The number of fused-ring (bicyclic) bond motifs is 1. The molecule has 1 saturated heterocycles. The summed E-state index contributed by atoms with van der Waals surface area (Å²) in [5, 5.41) is 0. The molecule has 1 aromatic heterocycles. The van der Waals surface area contributed by atoms with E-state index < -0.39 is 15.8 Å². The first-order valence-corrected chi connectivity index (χ1v) is 11.4. The summed E-state index contributed by atoms with van der Waals surface area (Å²) in [7, 11) is -3.68. The van der Waals surface area contributed by atoms with E-state index in [4.69, 9.17) is 4.42 Å². The number of nitrogens with one attached hydrogen (secondary N) is 1. The number of rotatable bonds is 6. The van der Waals surface area contributed by atoms with Gasteiger partial charge in [0.1, 0.15) is 0 Å². The Morgan fingerprint density at radius 3 is 2.52 bits per heavy atom. The summed E-state index contributed by atoms with van der Waals surface area (Å²) in [5.74, 6) is -0.476. The lowest BCUT2D eigenvalue weighted by Gasteiger charge is -2.32. The molecule has 2 heterocycles. The third-order valence-electron chi connectivity index (χ3n) is 5.42. The zero-order valence-corrected chi connectivity index (χ0v) is 17.2. The van der Waals surface area contributed by atoms with Gasteiger partial charge in [0, 0.05) is 38.3 Å². The van der Waals surface area contributed by atoms with Crippen LogP contribution in [0.5, 0.6) is 0 Å². The SMILES string of the molecule is CCn1c(=O)oc2cc(S(=O)(=O)NC3CCN(Cc4ccccc4)CC3)ccc21. The molecule has 0 bridgehead atoms. The average Bonchev–Trinajstić information content (AvgIpc) is 3.04. The van der Waals surface area contributed by atoms with Gasteiger partial charge in [0.05, 0.1) is 10.4 Å². The first-order valence-electron chi connectivity index (χ1n) is 9.88. The van der Waals surface area contributed by atoms with Gasteiger partial charge in [0.25, 0.3) is 0 Å². The fraction of sp³-hybridized carbons (Fsp3) is 0.381. The monoisotopic (exact) mass is 415 g/mol. The van der Waals surface area contributed by atoms with Crippen molar-refractivity contribution >= 4 is 21.1 Å². The molecule has 0 atom stereocenters. The number of likely N-dealkylation sites (tertiary alicyclic amines) is 1. The summed E-state index contributed by atoms with van der Waals surface area (Å²) in [6.07, 6.45) is 1.52. The topological polar surface area (TPSA) is 84.5 Å². The van der Waals surface area contributed by atoms with Crippen molar-refractivity contribution in [1.29, 1.82) is 0 Å². The molecule has 7 nitrogen and oxygen atoms in total. The molecule has 1 aliphatic rings. The largest absolute Gasteiger partial charge is 0.419 e. The number of aryl methyl sites for hydroxylation is 1. The number of oxazole rings is 1. The van der Waals surface area contributed by atoms with Gasteiger partial charge in [-0.2, -0.15) is 0 Å². The third-order valence-corrected chi connectivity index (χ3v) is 6.94. The van der Waals surface area contributed by atoms with Gasteiger partial charge in [-0.15, -0.1) is 0 Å². The zero-order valence-electron chi connectivity index (χ0n) is 16.4. The minimum absolute atomic E-state index is 0.102. The fourth-order valence-electron chi connectivity index (χ4n) is 3.85. The average molecular weight is 416 g/mol. The van der Waals surface area contributed by atoms with Crippen LogP contribution in [0.15, 0.2) is 62.6 Å². The first kappa shape index (κ1) is 19.9. The molecule has 0 spiro atoms. The molecule has 0 amide bonds. The Bertz CT molecular complexity index is 1140. The minimum Gasteiger partial charge on any atom is -0.408 e. The maximum atomic E-state index is 12.8. The van der Waals surface area contributed by atoms with Gasteiger partial charge in [-0.05, 0) is 37.5 Å². The van der Waals surface area contributed by atoms with Crippen molar-refractivity contribution < 1.29 is 12.8 Å². The van der Waals surface area contributed by atoms with Crippen LogP contribution < -0.4 is 10.5 Å². The Morgan fingerprint density at radius 2 is 1.83 bits per heavy atom. The molecule has 0 aliphatic carbocycles. The molecule has 2 aromatic carbocycles. The molecule has 154 valence electrons. The van der Waals surface area contributed by atoms with Crippen LogP contribution >= 0.6 is 0 Å². The molecule has 1 N–H and O–H groups in total. The lowest BCUT2D eigenvalue weighted by Crippen LogP contribution is -2.44. The maximum absolute atomic E-state index is 12.8. The van der Waals surface area contributed by atoms with E-state index >= 15 is 0 Å². The lowest BCUT2D eigenvalue weighted by molar-refractivity contribution is 0.200. The van der Waals surface area contributed by atoms with Gasteiger partial charge < -0.3 is 4.42 Å². The highest BCUT2D eigenvalue weighted by Gasteiger charge is 2.25. The highest BCUT2D eigenvalue weighted by atomic mass is 32.2. The van der Waals surface area contributed by atoms with Crippen molar-refractivity contribution in [3.05, 3.63) is 64.6 Å². The number of hydrogen-bond donors (Lipinski definition) is 1. The predicted molar refractivity (Wildman–Crippen MR) is 111 cm³/mol. The van der Waals surface area contributed by atoms with E-state index in [9.17, 15) is 13.2 Å². The molecular weight excluding hydrogens is 390 g/mol. The first-order chi connectivity index (χ1) is 14.0. The second-order valence-corrected chi connectivity index (χ2v) is 9.11. The molecule has 29 heavy (non-hydrogen) atoms. The number of hydrogen-bond acceptors (Lipinski definition) is 5. The van der Waals surface area contributed by atoms with Crippen molar-refractivity contribution in [2.45, 2.75) is 43.8 Å². The third kappa shape index (κ3) is 4.29. The Labute approximate surface area is 170 Å². The highest BCUT2D eigenvalue weighted by molar-refractivity contribution is 7.89. The van der Waals surface area contributed by atoms with E-state index in [0.717, 1.165) is 32.5 Å². The Balaban J connectivity index is 1.41. The van der Waals surface area contributed by atoms with Gasteiger partial charge >= 0.3 is 5.76 Å². The normalized spacial score (nSPS) is 16.4. The fourth-order valence-corrected chi connectivity index (χ4v) is 5.17. The molecule has 0 radical (unpaired) electrons. The Morgan fingerprint density at radius 1 is 1.10 bits per heavy atom. The van der Waals surface area contributed by atoms with Crippen LogP contribution in [0, 0.1) is 0 Å². The molecule has 1 fully saturated rings. The van der Waals surface area contributed by atoms with E-state index in [2.05, 4.69) is 21.8 Å². The number of piperidine rings is 1. The second-order valence-electron chi connectivity index (χ2n) is 7.40. The van der Waals surface area contributed by atoms with Crippen LogP contribution in [0.25, 0.3) is 11.1 Å². The van der Waals surface area contributed by atoms with E-state index in [1.54, 1.807) is 6.07 Å². The van der Waals surface area contributed by atoms with Gasteiger partial charge in [0.15, 0.2) is 5.58 Å². The van der Waals surface area contributed by atoms with E-state index in [0.29, 0.717) is 12.1 Å². The second kappa shape index (κ2) is 8.14. The van der Waals surface area contributed by atoms with Gasteiger partial charge in [0.2, 0.25) is 10.0 Å². The van der Waals surface area contributed by atoms with E-state index in [1.165, 1.54) is 22.3 Å². The summed E-state index contributed by atoms with van der Waals surface area (Å²) in [5.41, 5.74) is 2.16. The van der Waals surface area contributed by atoms with Gasteiger partial charge in [-0.25, -0.2) is 17.9 Å². The summed E-state index contributed by atoms with van der Waals surface area (Å²) in [4.78, 5) is 14.3. The summed E-state index contributed by atoms with van der Waals surface area (Å²) in [6, 6.07) is 14.8. The zero-order chi connectivity index (χ0) is 20.4. The van der Waals surface area contributed by atoms with Crippen LogP contribution in [-0.4, -0.2) is 37.0 Å². The van der Waals surface area contributed by atoms with E-state index in [-0.39, 0.29) is 16.5 Å². The van der Waals surface area contributed by atoms with E-state index in [1.807, 2.05) is 25.1 Å². The number of benzene rings is 2. The molecule has 3 aromatic rings. The van der Waals surface area contributed by atoms with Crippen LogP contribution in [0.1, 0.15) is 25.3 Å². The summed E-state index contributed by atoms with van der Waals surface area (Å²) in [6.45, 7) is 4.87. The van der Waals surface area contributed by atoms with Crippen LogP contribution in [0.3, 0.4) is 0 Å². The van der Waals surface area contributed by atoms with Gasteiger partial charge in [-0.1, -0.05) is 30.3 Å². The number of sulfonamides is 1. The predicted octanol–water partition coefficient (Wildman–Crippen LogP) is 2.56. The maximum Gasteiger partial charge on any atom is 0.419 e. The van der Waals surface area contributed by atoms with Gasteiger partial charge in [-0.3, -0.25) is 9.47 Å². The van der Waals surface area contributed by atoms with Crippen LogP contribution in [-0.2, 0) is 23.1 Å². The molecular formula is C21H25N3O4S. The quantitative estimate of drug-likeness (QED) is 0.669. The van der Waals surface area contributed by atoms with Crippen LogP contribution in [0.4, 0.5) is 0 Å². The molecule has 0 saturated carbocycles. The van der Waals surface area contributed by atoms with Crippen LogP contribution in [0.2, 0.25) is 0 Å². The molecule has 1 aliphatic heterocycles. The standard InChI is InChI=1S/C21H25N3O4S/c1-2-24-19-9-8-18(14-20(19)28-21(24)25)29(26,27)22-17-10-12-23(13-11-17)15-16-6-4-3-5-7-16/h3-9,14,17,22H,2,10-13,15H2,1H3. The smallest absolute Gasteiger partial charge is 0.408 e. The summed E-state index contributed by atoms with van der Waals surface area (Å²) >= 11 is 0. The highest BCUT2D eigenvalue weighted by Crippen LogP contribution is 2.21. The summed E-state index contributed by atoms with van der Waals surface area (Å²) < 4.78 is 35.1. The lowest BCUT2D eigenvalue weighted by atomic mass is 10.1. The number of aromatic nitrogens is 1. The number of nitrogens with zero attached hydrogens (tertiary/aromatic N) is 2. The minimum atomic E-state index is -3.68. The molecule has 4 rings (SSSR count). The van der Waals surface area contributed by atoms with Crippen molar-refractivity contribution in [3.63, 3.8) is 0 Å². The Hall–Kier alpha value is -2.42. The van der Waals surface area contributed by atoms with Crippen molar-refractivity contribution in [1.82, 2.24) is 14.2 Å². The van der Waals surface area contributed by atoms with Crippen molar-refractivity contribution in [3.8, 4) is 0 Å². The molecule has 8 heteroatoms.